The maximum absolute atomic E-state index is 10.3. The maximum Gasteiger partial charge on any atom is 0.335 e. The lowest BCUT2D eigenvalue weighted by atomic mass is 10.2. The van der Waals surface area contributed by atoms with E-state index in [1.807, 2.05) is 0 Å². The molecule has 0 spiro atoms. The summed E-state index contributed by atoms with van der Waals surface area (Å²) in [5.41, 5.74) is 0.508. The number of carboxylic acid groups (broad SMARTS) is 2. The van der Waals surface area contributed by atoms with Crippen LogP contribution in [0, 0.1) is 0 Å². The van der Waals surface area contributed by atoms with Gasteiger partial charge in [0.05, 0.1) is 24.3 Å². The van der Waals surface area contributed by atoms with Gasteiger partial charge >= 0.3 is 11.9 Å². The third kappa shape index (κ3) is 9.81. The molecule has 8 heteroatoms. The molecule has 6 nitrogen and oxygen atoms in total. The van der Waals surface area contributed by atoms with Gasteiger partial charge in [0, 0.05) is 10.0 Å². The van der Waals surface area contributed by atoms with Crippen LogP contribution in [0.5, 0.6) is 0 Å². The van der Waals surface area contributed by atoms with Crippen molar-refractivity contribution in [2.75, 3.05) is 13.2 Å². The Hall–Kier alpha value is -2.12. The van der Waals surface area contributed by atoms with Crippen molar-refractivity contribution >= 4 is 35.1 Å². The molecule has 0 saturated carbocycles. The van der Waals surface area contributed by atoms with Crippen molar-refractivity contribution in [1.82, 2.24) is 0 Å². The molecule has 0 atom stereocenters. The van der Waals surface area contributed by atoms with Gasteiger partial charge in [-0.25, -0.2) is 9.59 Å². The van der Waals surface area contributed by atoms with Crippen LogP contribution in [0.25, 0.3) is 0 Å². The molecule has 0 unspecified atom stereocenters. The summed E-state index contributed by atoms with van der Waals surface area (Å²) in [6.45, 7) is -0.250. The van der Waals surface area contributed by atoms with Crippen molar-refractivity contribution in [2.24, 2.45) is 0 Å². The normalized spacial score (nSPS) is 9.00. The zero-order valence-corrected chi connectivity index (χ0v) is 13.9. The molecule has 0 aliphatic heterocycles. The largest absolute Gasteiger partial charge is 0.478 e. The molecule has 2 aromatic rings. The summed E-state index contributed by atoms with van der Waals surface area (Å²) in [5, 5.41) is 33.2. The first-order chi connectivity index (χ1) is 11.3. The molecule has 0 fully saturated rings. The Morgan fingerprint density at radius 3 is 1.08 bits per heavy atom. The Kier molecular flexibility index (Phi) is 11.2. The first-order valence-electron chi connectivity index (χ1n) is 6.51. The van der Waals surface area contributed by atoms with E-state index < -0.39 is 11.9 Å². The van der Waals surface area contributed by atoms with E-state index in [1.54, 1.807) is 24.3 Å². The zero-order valence-electron chi connectivity index (χ0n) is 12.4. The fourth-order valence-electron chi connectivity index (χ4n) is 1.18. The van der Waals surface area contributed by atoms with Crippen LogP contribution >= 0.6 is 23.2 Å². The van der Waals surface area contributed by atoms with Crippen molar-refractivity contribution < 1.29 is 30.0 Å². The summed E-state index contributed by atoms with van der Waals surface area (Å²) in [4.78, 5) is 20.5. The molecular formula is C16H16Cl2O6. The van der Waals surface area contributed by atoms with Crippen molar-refractivity contribution in [2.45, 2.75) is 0 Å². The lowest BCUT2D eigenvalue weighted by molar-refractivity contribution is 0.0686. The van der Waals surface area contributed by atoms with E-state index in [0.29, 0.717) is 10.0 Å². The Balaban J connectivity index is 0.000000363. The average molecular weight is 375 g/mol. The summed E-state index contributed by atoms with van der Waals surface area (Å²) in [6, 6.07) is 12.0. The third-order valence-electron chi connectivity index (χ3n) is 2.28. The number of aromatic carboxylic acids is 2. The van der Waals surface area contributed by atoms with E-state index in [9.17, 15) is 9.59 Å². The van der Waals surface area contributed by atoms with Crippen LogP contribution in [0.4, 0.5) is 0 Å². The standard InChI is InChI=1S/2C7H5ClO2.C2H6O2/c2*8-6-3-1-5(2-4-6)7(9)10;3-1-2-4/h2*1-4H,(H,9,10);3-4H,1-2H2. The number of benzene rings is 2. The van der Waals surface area contributed by atoms with Gasteiger partial charge in [0.1, 0.15) is 0 Å². The van der Waals surface area contributed by atoms with Crippen LogP contribution in [0.2, 0.25) is 10.0 Å². The average Bonchev–Trinajstić information content (AvgIpc) is 2.56. The fourth-order valence-corrected chi connectivity index (χ4v) is 1.44. The fraction of sp³-hybridized carbons (Fsp3) is 0.125. The minimum atomic E-state index is -0.934. The highest BCUT2D eigenvalue weighted by Crippen LogP contribution is 2.09. The van der Waals surface area contributed by atoms with Crippen molar-refractivity contribution in [1.29, 1.82) is 0 Å². The van der Waals surface area contributed by atoms with E-state index in [-0.39, 0.29) is 24.3 Å². The first kappa shape index (κ1) is 21.9. The van der Waals surface area contributed by atoms with Gasteiger partial charge in [-0.15, -0.1) is 0 Å². The van der Waals surface area contributed by atoms with Crippen molar-refractivity contribution in [3.05, 3.63) is 69.7 Å². The zero-order chi connectivity index (χ0) is 18.5. The third-order valence-corrected chi connectivity index (χ3v) is 2.79. The molecular weight excluding hydrogens is 359 g/mol. The van der Waals surface area contributed by atoms with Crippen LogP contribution in [0.3, 0.4) is 0 Å². The second kappa shape index (κ2) is 12.3. The molecule has 4 N–H and O–H groups in total. The van der Waals surface area contributed by atoms with E-state index in [2.05, 4.69) is 0 Å². The SMILES string of the molecule is O=C(O)c1ccc(Cl)cc1.O=C(O)c1ccc(Cl)cc1.OCCO. The summed E-state index contributed by atoms with van der Waals surface area (Å²) < 4.78 is 0. The highest BCUT2D eigenvalue weighted by Gasteiger charge is 1.99. The number of aliphatic hydroxyl groups excluding tert-OH is 2. The number of halogens is 2. The predicted octanol–water partition coefficient (Wildman–Crippen LogP) is 3.05. The molecule has 2 aromatic carbocycles. The Morgan fingerprint density at radius 1 is 0.667 bits per heavy atom. The van der Waals surface area contributed by atoms with Gasteiger partial charge in [0.25, 0.3) is 0 Å². The molecule has 0 radical (unpaired) electrons. The molecule has 2 rings (SSSR count). The summed E-state index contributed by atoms with van der Waals surface area (Å²) in [7, 11) is 0. The van der Waals surface area contributed by atoms with Crippen LogP contribution in [-0.4, -0.2) is 45.6 Å². The molecule has 0 amide bonds. The summed E-state index contributed by atoms with van der Waals surface area (Å²) >= 11 is 11.0. The number of carbonyl (C=O) groups is 2. The smallest absolute Gasteiger partial charge is 0.335 e. The molecule has 0 saturated heterocycles. The molecule has 0 bridgehead atoms. The first-order valence-corrected chi connectivity index (χ1v) is 7.26. The van der Waals surface area contributed by atoms with Crippen molar-refractivity contribution in [3.63, 3.8) is 0 Å². The summed E-state index contributed by atoms with van der Waals surface area (Å²) in [5.74, 6) is -1.87. The molecule has 24 heavy (non-hydrogen) atoms. The van der Waals surface area contributed by atoms with E-state index >= 15 is 0 Å². The maximum atomic E-state index is 10.3. The van der Waals surface area contributed by atoms with E-state index in [0.717, 1.165) is 0 Å². The Bertz CT molecular complexity index is 569. The number of hydrogen-bond acceptors (Lipinski definition) is 4. The quantitative estimate of drug-likeness (QED) is 0.656. The topological polar surface area (TPSA) is 115 Å². The lowest BCUT2D eigenvalue weighted by Crippen LogP contribution is -1.94. The molecule has 0 heterocycles. The molecule has 0 aliphatic carbocycles. The second-order valence-electron chi connectivity index (χ2n) is 4.07. The number of carboxylic acids is 2. The molecule has 130 valence electrons. The van der Waals surface area contributed by atoms with Gasteiger partial charge in [-0.1, -0.05) is 23.2 Å². The van der Waals surface area contributed by atoms with Gasteiger partial charge in [-0.3, -0.25) is 0 Å². The predicted molar refractivity (Wildman–Crippen MR) is 91.0 cm³/mol. The minimum absolute atomic E-state index is 0.125. The van der Waals surface area contributed by atoms with Crippen LogP contribution in [0.15, 0.2) is 48.5 Å². The van der Waals surface area contributed by atoms with Crippen LogP contribution in [-0.2, 0) is 0 Å². The summed E-state index contributed by atoms with van der Waals surface area (Å²) in [6.07, 6.45) is 0. The van der Waals surface area contributed by atoms with Gasteiger partial charge in [-0.2, -0.15) is 0 Å². The Morgan fingerprint density at radius 2 is 0.917 bits per heavy atom. The van der Waals surface area contributed by atoms with Gasteiger partial charge in [-0.05, 0) is 48.5 Å². The molecule has 0 aromatic heterocycles. The Labute approximate surface area is 148 Å². The van der Waals surface area contributed by atoms with E-state index in [1.165, 1.54) is 24.3 Å². The minimum Gasteiger partial charge on any atom is -0.478 e. The van der Waals surface area contributed by atoms with Gasteiger partial charge < -0.3 is 20.4 Å². The molecule has 0 aliphatic rings. The highest BCUT2D eigenvalue weighted by molar-refractivity contribution is 6.30. The monoisotopic (exact) mass is 374 g/mol. The van der Waals surface area contributed by atoms with Gasteiger partial charge in [0.15, 0.2) is 0 Å². The van der Waals surface area contributed by atoms with Crippen molar-refractivity contribution in [3.8, 4) is 0 Å². The lowest BCUT2D eigenvalue weighted by Gasteiger charge is -1.91. The van der Waals surface area contributed by atoms with E-state index in [4.69, 9.17) is 43.6 Å². The number of aliphatic hydroxyl groups is 2. The van der Waals surface area contributed by atoms with Crippen LogP contribution < -0.4 is 0 Å². The number of rotatable bonds is 3. The second-order valence-corrected chi connectivity index (χ2v) is 4.94. The highest BCUT2D eigenvalue weighted by atomic mass is 35.5. The number of hydrogen-bond donors (Lipinski definition) is 4. The van der Waals surface area contributed by atoms with Crippen LogP contribution in [0.1, 0.15) is 20.7 Å². The van der Waals surface area contributed by atoms with Gasteiger partial charge in [0.2, 0.25) is 0 Å².